The van der Waals surface area contributed by atoms with Crippen LogP contribution in [0, 0.1) is 0 Å². The van der Waals surface area contributed by atoms with Crippen LogP contribution in [0.2, 0.25) is 10.0 Å². The lowest BCUT2D eigenvalue weighted by Gasteiger charge is -2.21. The van der Waals surface area contributed by atoms with Gasteiger partial charge in [0.2, 0.25) is 17.7 Å². The van der Waals surface area contributed by atoms with Crippen molar-refractivity contribution in [3.63, 3.8) is 0 Å². The molecule has 3 aromatic rings. The number of rotatable bonds is 6. The Morgan fingerprint density at radius 1 is 1.06 bits per heavy atom. The van der Waals surface area contributed by atoms with Gasteiger partial charge >= 0.3 is 0 Å². The van der Waals surface area contributed by atoms with Gasteiger partial charge in [0.15, 0.2) is 0 Å². The van der Waals surface area contributed by atoms with E-state index in [1.807, 2.05) is 31.3 Å². The van der Waals surface area contributed by atoms with Crippen LogP contribution < -0.4 is 20.3 Å². The minimum atomic E-state index is -0.513. The molecule has 0 radical (unpaired) electrons. The predicted molar refractivity (Wildman–Crippen MR) is 137 cm³/mol. The summed E-state index contributed by atoms with van der Waals surface area (Å²) in [5.74, 6) is -0.0796. The lowest BCUT2D eigenvalue weighted by atomic mass is 10.2. The lowest BCUT2D eigenvalue weighted by Crippen LogP contribution is -2.32. The molecule has 182 valence electrons. The first-order valence-corrected chi connectivity index (χ1v) is 11.6. The van der Waals surface area contributed by atoms with Crippen molar-refractivity contribution in [1.82, 2.24) is 14.9 Å². The molecule has 0 spiro atoms. The van der Waals surface area contributed by atoms with Crippen LogP contribution in [-0.2, 0) is 4.79 Å². The molecule has 11 heteroatoms. The number of methoxy groups -OCH3 is 1. The number of benzene rings is 2. The van der Waals surface area contributed by atoms with Gasteiger partial charge < -0.3 is 25.2 Å². The summed E-state index contributed by atoms with van der Waals surface area (Å²) in [6.45, 7) is 2.22. The van der Waals surface area contributed by atoms with E-state index in [1.54, 1.807) is 23.1 Å². The second-order valence-corrected chi connectivity index (χ2v) is 8.75. The Morgan fingerprint density at radius 2 is 1.77 bits per heavy atom. The number of nitrogens with zero attached hydrogens (tertiary/aromatic N) is 4. The van der Waals surface area contributed by atoms with Crippen molar-refractivity contribution in [1.29, 1.82) is 0 Å². The second-order valence-electron chi connectivity index (χ2n) is 7.94. The van der Waals surface area contributed by atoms with Crippen molar-refractivity contribution < 1.29 is 14.3 Å². The maximum atomic E-state index is 12.8. The zero-order chi connectivity index (χ0) is 24.9. The normalized spacial score (nSPS) is 14.4. The third-order valence-electron chi connectivity index (χ3n) is 5.54. The summed E-state index contributed by atoms with van der Waals surface area (Å²) in [6, 6.07) is 12.4. The lowest BCUT2D eigenvalue weighted by molar-refractivity contribution is -0.118. The average Bonchev–Trinajstić information content (AvgIpc) is 3.02. The number of hydrogen-bond acceptors (Lipinski definition) is 7. The van der Waals surface area contributed by atoms with Crippen molar-refractivity contribution in [3.8, 4) is 5.88 Å². The number of ether oxygens (including phenoxy) is 1. The quantitative estimate of drug-likeness (QED) is 0.500. The smallest absolute Gasteiger partial charge is 0.262 e. The fourth-order valence-electron chi connectivity index (χ4n) is 3.59. The summed E-state index contributed by atoms with van der Waals surface area (Å²) < 4.78 is 5.31. The number of carbonyl (C=O) groups is 2. The maximum Gasteiger partial charge on any atom is 0.262 e. The van der Waals surface area contributed by atoms with Crippen molar-refractivity contribution >= 4 is 58.0 Å². The molecule has 2 N–H and O–H groups in total. The molecule has 2 aromatic carbocycles. The molecule has 1 aromatic heterocycles. The summed E-state index contributed by atoms with van der Waals surface area (Å²) in [5.41, 5.74) is 1.96. The monoisotopic (exact) mass is 514 g/mol. The first-order valence-electron chi connectivity index (χ1n) is 10.9. The first kappa shape index (κ1) is 24.7. The number of aromatic nitrogens is 2. The molecule has 0 unspecified atom stereocenters. The van der Waals surface area contributed by atoms with Crippen LogP contribution in [-0.4, -0.2) is 60.5 Å². The Morgan fingerprint density at radius 3 is 2.46 bits per heavy atom. The molecular weight excluding hydrogens is 491 g/mol. The second kappa shape index (κ2) is 10.9. The van der Waals surface area contributed by atoms with Gasteiger partial charge in [-0.15, -0.1) is 0 Å². The summed E-state index contributed by atoms with van der Waals surface area (Å²) in [4.78, 5) is 37.7. The van der Waals surface area contributed by atoms with Crippen molar-refractivity contribution in [2.24, 2.45) is 0 Å². The van der Waals surface area contributed by atoms with E-state index < -0.39 is 5.91 Å². The summed E-state index contributed by atoms with van der Waals surface area (Å²) >= 11 is 12.3. The van der Waals surface area contributed by atoms with Crippen molar-refractivity contribution in [2.45, 2.75) is 6.42 Å². The fraction of sp³-hybridized carbons (Fsp3) is 0.250. The molecule has 0 bridgehead atoms. The highest BCUT2D eigenvalue weighted by atomic mass is 35.5. The van der Waals surface area contributed by atoms with E-state index in [0.29, 0.717) is 28.7 Å². The van der Waals surface area contributed by atoms with Crippen LogP contribution in [0.4, 0.5) is 23.0 Å². The summed E-state index contributed by atoms with van der Waals surface area (Å²) in [5, 5.41) is 6.37. The van der Waals surface area contributed by atoms with Crippen LogP contribution in [0.3, 0.4) is 0 Å². The molecule has 0 aliphatic carbocycles. The van der Waals surface area contributed by atoms with Gasteiger partial charge in [-0.2, -0.15) is 4.98 Å². The maximum absolute atomic E-state index is 12.8. The Labute approximate surface area is 213 Å². The van der Waals surface area contributed by atoms with Crippen LogP contribution in [0.25, 0.3) is 0 Å². The average molecular weight is 515 g/mol. The Balaban J connectivity index is 1.47. The SMILES string of the molecule is COc1nc(Nc2ccc(N3CCN(C)CCC3=O)cc2)ncc1C(=O)Nc1c(Cl)cccc1Cl. The van der Waals surface area contributed by atoms with Crippen LogP contribution in [0.15, 0.2) is 48.7 Å². The van der Waals surface area contributed by atoms with E-state index in [1.165, 1.54) is 13.3 Å². The Kier molecular flexibility index (Phi) is 7.70. The van der Waals surface area contributed by atoms with Crippen LogP contribution in [0.1, 0.15) is 16.8 Å². The number of para-hydroxylation sites is 1. The number of likely N-dealkylation sites (N-methyl/N-ethyl adjacent to an activating group) is 1. The minimum absolute atomic E-state index is 0.0825. The molecular formula is C24H24Cl2N6O3. The highest BCUT2D eigenvalue weighted by Crippen LogP contribution is 2.31. The van der Waals surface area contributed by atoms with Crippen molar-refractivity contribution in [3.05, 3.63) is 64.3 Å². The zero-order valence-corrected chi connectivity index (χ0v) is 20.7. The summed E-state index contributed by atoms with van der Waals surface area (Å²) in [7, 11) is 3.43. The van der Waals surface area contributed by atoms with E-state index in [0.717, 1.165) is 24.5 Å². The molecule has 0 saturated carbocycles. The molecule has 0 atom stereocenters. The molecule has 1 fully saturated rings. The number of amides is 2. The molecule has 4 rings (SSSR count). The van der Waals surface area contributed by atoms with Gasteiger partial charge in [0.25, 0.3) is 5.91 Å². The van der Waals surface area contributed by atoms with E-state index in [4.69, 9.17) is 27.9 Å². The first-order chi connectivity index (χ1) is 16.9. The number of hydrogen-bond donors (Lipinski definition) is 2. The highest BCUT2D eigenvalue weighted by molar-refractivity contribution is 6.40. The topological polar surface area (TPSA) is 99.7 Å². The van der Waals surface area contributed by atoms with Gasteiger partial charge in [0.1, 0.15) is 5.56 Å². The molecule has 2 heterocycles. The Bertz CT molecular complexity index is 1220. The fourth-order valence-corrected chi connectivity index (χ4v) is 4.08. The van der Waals surface area contributed by atoms with Crippen LogP contribution >= 0.6 is 23.2 Å². The number of anilines is 4. The number of carbonyl (C=O) groups excluding carboxylic acids is 2. The Hall–Kier alpha value is -3.40. The molecule has 1 aliphatic heterocycles. The standard InChI is InChI=1S/C24H24Cl2N6O3/c1-31-11-10-20(33)32(13-12-31)16-8-6-15(7-9-16)28-24-27-14-17(23(30-24)35-2)22(34)29-21-18(25)4-3-5-19(21)26/h3-9,14H,10-13H2,1-2H3,(H,29,34)(H,27,28,30). The number of halogens is 2. The van der Waals surface area contributed by atoms with Crippen LogP contribution in [0.5, 0.6) is 5.88 Å². The third kappa shape index (κ3) is 5.82. The van der Waals surface area contributed by atoms with Gasteiger partial charge in [0.05, 0.1) is 22.8 Å². The van der Waals surface area contributed by atoms with Gasteiger partial charge in [0, 0.05) is 43.6 Å². The van der Waals surface area contributed by atoms with Gasteiger partial charge in [-0.05, 0) is 43.4 Å². The van der Waals surface area contributed by atoms with Gasteiger partial charge in [-0.25, -0.2) is 4.98 Å². The molecule has 1 saturated heterocycles. The highest BCUT2D eigenvalue weighted by Gasteiger charge is 2.21. The van der Waals surface area contributed by atoms with Gasteiger partial charge in [-0.1, -0.05) is 29.3 Å². The summed E-state index contributed by atoms with van der Waals surface area (Å²) in [6.07, 6.45) is 1.85. The van der Waals surface area contributed by atoms with E-state index in [9.17, 15) is 9.59 Å². The minimum Gasteiger partial charge on any atom is -0.480 e. The van der Waals surface area contributed by atoms with E-state index >= 15 is 0 Å². The zero-order valence-electron chi connectivity index (χ0n) is 19.2. The van der Waals surface area contributed by atoms with Gasteiger partial charge in [-0.3, -0.25) is 9.59 Å². The predicted octanol–water partition coefficient (Wildman–Crippen LogP) is 4.46. The molecule has 2 amide bonds. The van der Waals surface area contributed by atoms with E-state index in [-0.39, 0.29) is 23.3 Å². The third-order valence-corrected chi connectivity index (χ3v) is 6.17. The van der Waals surface area contributed by atoms with E-state index in [2.05, 4.69) is 25.5 Å². The molecule has 9 nitrogen and oxygen atoms in total. The molecule has 35 heavy (non-hydrogen) atoms. The number of nitrogens with one attached hydrogen (secondary N) is 2. The van der Waals surface area contributed by atoms with Crippen molar-refractivity contribution in [2.75, 3.05) is 49.3 Å². The largest absolute Gasteiger partial charge is 0.480 e. The molecule has 1 aliphatic rings.